The van der Waals surface area contributed by atoms with Crippen molar-refractivity contribution in [2.75, 3.05) is 0 Å². The van der Waals surface area contributed by atoms with Gasteiger partial charge in [-0.2, -0.15) is 5.10 Å². The molecule has 2 saturated carbocycles. The van der Waals surface area contributed by atoms with Crippen molar-refractivity contribution in [3.8, 4) is 0 Å². The maximum atomic E-state index is 5.16. The fourth-order valence-corrected chi connectivity index (χ4v) is 2.53. The molecule has 0 radical (unpaired) electrons. The van der Waals surface area contributed by atoms with E-state index in [4.69, 9.17) is 12.2 Å². The first-order valence-corrected chi connectivity index (χ1v) is 5.85. The number of aromatic amines is 1. The molecule has 76 valence electrons. The van der Waals surface area contributed by atoms with E-state index < -0.39 is 0 Å². The van der Waals surface area contributed by atoms with Crippen LogP contribution in [0.2, 0.25) is 0 Å². The lowest BCUT2D eigenvalue weighted by Gasteiger charge is -2.15. The molecule has 4 heteroatoms. The fraction of sp³-hybridized carbons (Fsp3) is 0.800. The van der Waals surface area contributed by atoms with Crippen LogP contribution in [0.5, 0.6) is 0 Å². The van der Waals surface area contributed by atoms with Crippen LogP contribution in [0.3, 0.4) is 0 Å². The van der Waals surface area contributed by atoms with Gasteiger partial charge in [-0.1, -0.05) is 0 Å². The minimum atomic E-state index is 0.774. The van der Waals surface area contributed by atoms with E-state index in [-0.39, 0.29) is 0 Å². The van der Waals surface area contributed by atoms with Gasteiger partial charge in [0.15, 0.2) is 4.77 Å². The van der Waals surface area contributed by atoms with Crippen LogP contribution in [0.1, 0.15) is 25.7 Å². The van der Waals surface area contributed by atoms with Crippen molar-refractivity contribution >= 4 is 12.2 Å². The van der Waals surface area contributed by atoms with Crippen LogP contribution in [0.25, 0.3) is 0 Å². The predicted molar refractivity (Wildman–Crippen MR) is 56.3 cm³/mol. The highest BCUT2D eigenvalue weighted by Crippen LogP contribution is 2.49. The van der Waals surface area contributed by atoms with E-state index in [1.54, 1.807) is 0 Å². The number of nitrogens with zero attached hydrogens (tertiary/aromatic N) is 2. The van der Waals surface area contributed by atoms with Gasteiger partial charge in [-0.3, -0.25) is 5.10 Å². The molecular formula is C10H15N3S. The van der Waals surface area contributed by atoms with Gasteiger partial charge in [0.25, 0.3) is 0 Å². The molecule has 2 fully saturated rings. The Bertz CT molecular complexity index is 361. The molecule has 0 atom stereocenters. The standard InChI is InChI=1S/C10H15N3S/c14-10-12-11-6-13(10)5-9(7-1-2-7)8-3-4-8/h6-9H,1-5H2,(H,12,14). The fourth-order valence-electron chi connectivity index (χ4n) is 2.36. The number of hydrogen-bond donors (Lipinski definition) is 1. The predicted octanol–water partition coefficient (Wildman–Crippen LogP) is 2.38. The Morgan fingerprint density at radius 3 is 2.50 bits per heavy atom. The zero-order valence-electron chi connectivity index (χ0n) is 8.15. The molecule has 1 aromatic heterocycles. The molecule has 14 heavy (non-hydrogen) atoms. The highest BCUT2D eigenvalue weighted by atomic mass is 32.1. The lowest BCUT2D eigenvalue weighted by molar-refractivity contribution is 0.347. The smallest absolute Gasteiger partial charge is 0.194 e. The van der Waals surface area contributed by atoms with Crippen LogP contribution in [0, 0.1) is 22.5 Å². The molecule has 2 aliphatic carbocycles. The molecule has 1 N–H and O–H groups in total. The van der Waals surface area contributed by atoms with Crippen molar-refractivity contribution in [3.05, 3.63) is 11.1 Å². The van der Waals surface area contributed by atoms with Crippen LogP contribution in [0.15, 0.2) is 6.33 Å². The van der Waals surface area contributed by atoms with Crippen molar-refractivity contribution in [1.29, 1.82) is 0 Å². The van der Waals surface area contributed by atoms with Crippen LogP contribution in [0.4, 0.5) is 0 Å². The Morgan fingerprint density at radius 2 is 2.07 bits per heavy atom. The molecule has 3 rings (SSSR count). The van der Waals surface area contributed by atoms with Gasteiger partial charge in [-0.15, -0.1) is 0 Å². The normalized spacial score (nSPS) is 21.8. The van der Waals surface area contributed by atoms with Crippen LogP contribution in [-0.2, 0) is 6.54 Å². The molecule has 0 saturated heterocycles. The lowest BCUT2D eigenvalue weighted by atomic mass is 9.98. The third-order valence-corrected chi connectivity index (χ3v) is 3.81. The summed E-state index contributed by atoms with van der Waals surface area (Å²) in [5.74, 6) is 2.85. The molecule has 0 spiro atoms. The first-order chi connectivity index (χ1) is 6.84. The number of aromatic nitrogens is 3. The Kier molecular flexibility index (Phi) is 1.97. The molecule has 1 heterocycles. The van der Waals surface area contributed by atoms with Gasteiger partial charge < -0.3 is 4.57 Å². The molecule has 0 bridgehead atoms. The third-order valence-electron chi connectivity index (χ3n) is 3.48. The highest BCUT2D eigenvalue weighted by Gasteiger charge is 2.41. The van der Waals surface area contributed by atoms with Crippen molar-refractivity contribution in [2.24, 2.45) is 17.8 Å². The number of H-pyrrole nitrogens is 1. The van der Waals surface area contributed by atoms with E-state index in [2.05, 4.69) is 14.8 Å². The first kappa shape index (κ1) is 8.65. The molecular weight excluding hydrogens is 194 g/mol. The number of nitrogens with one attached hydrogen (secondary N) is 1. The van der Waals surface area contributed by atoms with E-state index in [1.807, 2.05) is 6.33 Å². The maximum absolute atomic E-state index is 5.16. The summed E-state index contributed by atoms with van der Waals surface area (Å²) in [7, 11) is 0. The van der Waals surface area contributed by atoms with Crippen molar-refractivity contribution < 1.29 is 0 Å². The molecule has 0 aromatic carbocycles. The van der Waals surface area contributed by atoms with Gasteiger partial charge in [0.05, 0.1) is 0 Å². The second-order valence-corrected chi connectivity index (χ2v) is 5.04. The molecule has 1 aromatic rings. The minimum Gasteiger partial charge on any atom is -0.306 e. The Morgan fingerprint density at radius 1 is 1.43 bits per heavy atom. The van der Waals surface area contributed by atoms with Gasteiger partial charge in [-0.05, 0) is 55.7 Å². The number of rotatable bonds is 4. The Hall–Kier alpha value is -0.640. The van der Waals surface area contributed by atoms with E-state index >= 15 is 0 Å². The van der Waals surface area contributed by atoms with E-state index in [0.29, 0.717) is 0 Å². The second-order valence-electron chi connectivity index (χ2n) is 4.65. The summed E-state index contributed by atoms with van der Waals surface area (Å²) in [6.07, 6.45) is 7.58. The van der Waals surface area contributed by atoms with Gasteiger partial charge in [0.1, 0.15) is 6.33 Å². The second kappa shape index (κ2) is 3.19. The number of hydrogen-bond acceptors (Lipinski definition) is 2. The van der Waals surface area contributed by atoms with Crippen LogP contribution in [-0.4, -0.2) is 14.8 Å². The Balaban J connectivity index is 1.74. The zero-order valence-corrected chi connectivity index (χ0v) is 8.96. The van der Waals surface area contributed by atoms with Crippen LogP contribution < -0.4 is 0 Å². The maximum Gasteiger partial charge on any atom is 0.194 e. The minimum absolute atomic E-state index is 0.774. The van der Waals surface area contributed by atoms with Gasteiger partial charge in [0, 0.05) is 6.54 Å². The quantitative estimate of drug-likeness (QED) is 0.772. The van der Waals surface area contributed by atoms with E-state index in [9.17, 15) is 0 Å². The summed E-state index contributed by atoms with van der Waals surface area (Å²) < 4.78 is 2.87. The molecule has 0 aliphatic heterocycles. The van der Waals surface area contributed by atoms with E-state index in [0.717, 1.165) is 29.1 Å². The molecule has 0 unspecified atom stereocenters. The summed E-state index contributed by atoms with van der Waals surface area (Å²) in [5.41, 5.74) is 0. The summed E-state index contributed by atoms with van der Waals surface area (Å²) in [4.78, 5) is 0. The van der Waals surface area contributed by atoms with E-state index in [1.165, 1.54) is 25.7 Å². The van der Waals surface area contributed by atoms with Gasteiger partial charge in [-0.25, -0.2) is 0 Å². The summed E-state index contributed by atoms with van der Waals surface area (Å²) in [6.45, 7) is 1.09. The summed E-state index contributed by atoms with van der Waals surface area (Å²) in [6, 6.07) is 0. The average molecular weight is 209 g/mol. The van der Waals surface area contributed by atoms with Crippen molar-refractivity contribution in [2.45, 2.75) is 32.2 Å². The van der Waals surface area contributed by atoms with Crippen molar-refractivity contribution in [1.82, 2.24) is 14.8 Å². The lowest BCUT2D eigenvalue weighted by Crippen LogP contribution is -2.14. The summed E-state index contributed by atoms with van der Waals surface area (Å²) in [5, 5.41) is 6.79. The third kappa shape index (κ3) is 1.63. The monoisotopic (exact) mass is 209 g/mol. The highest BCUT2D eigenvalue weighted by molar-refractivity contribution is 7.71. The molecule has 3 nitrogen and oxygen atoms in total. The average Bonchev–Trinajstić information content (AvgIpc) is 3.05. The Labute approximate surface area is 88.5 Å². The molecule has 0 amide bonds. The van der Waals surface area contributed by atoms with Gasteiger partial charge in [0.2, 0.25) is 0 Å². The van der Waals surface area contributed by atoms with Crippen LogP contribution >= 0.6 is 12.2 Å². The molecule has 2 aliphatic rings. The van der Waals surface area contributed by atoms with Crippen molar-refractivity contribution in [3.63, 3.8) is 0 Å². The first-order valence-electron chi connectivity index (χ1n) is 5.44. The largest absolute Gasteiger partial charge is 0.306 e. The van der Waals surface area contributed by atoms with Gasteiger partial charge >= 0.3 is 0 Å². The zero-order chi connectivity index (χ0) is 9.54. The topological polar surface area (TPSA) is 33.6 Å². The summed E-state index contributed by atoms with van der Waals surface area (Å²) >= 11 is 5.16. The SMILES string of the molecule is S=c1[nH]ncn1CC(C1CC1)C1CC1.